The number of halogens is 1. The highest BCUT2D eigenvalue weighted by Gasteiger charge is 2.14. The van der Waals surface area contributed by atoms with Crippen molar-refractivity contribution < 1.29 is 0 Å². The monoisotopic (exact) mass is 380 g/mol. The summed E-state index contributed by atoms with van der Waals surface area (Å²) in [6, 6.07) is 13.8. The molecule has 0 fully saturated rings. The molecule has 4 aromatic rings. The van der Waals surface area contributed by atoms with Crippen molar-refractivity contribution in [1.29, 1.82) is 0 Å². The Bertz CT molecular complexity index is 1180. The van der Waals surface area contributed by atoms with Gasteiger partial charge in [-0.1, -0.05) is 48.0 Å². The van der Waals surface area contributed by atoms with Gasteiger partial charge in [0, 0.05) is 16.0 Å². The molecule has 0 aliphatic rings. The van der Waals surface area contributed by atoms with Crippen molar-refractivity contribution in [3.8, 4) is 11.1 Å². The minimum Gasteiger partial charge on any atom is -0.294 e. The van der Waals surface area contributed by atoms with Gasteiger partial charge in [0.25, 0.3) is 5.56 Å². The van der Waals surface area contributed by atoms with Crippen LogP contribution in [-0.4, -0.2) is 9.55 Å². The van der Waals surface area contributed by atoms with Gasteiger partial charge in [0.2, 0.25) is 0 Å². The number of hydrogen-bond acceptors (Lipinski definition) is 3. The molecule has 0 aliphatic heterocycles. The topological polar surface area (TPSA) is 34.9 Å². The minimum atomic E-state index is -0.0376. The van der Waals surface area contributed by atoms with Gasteiger partial charge >= 0.3 is 0 Å². The van der Waals surface area contributed by atoms with Crippen LogP contribution in [0.25, 0.3) is 21.3 Å². The van der Waals surface area contributed by atoms with Crippen LogP contribution in [-0.2, 0) is 6.54 Å². The summed E-state index contributed by atoms with van der Waals surface area (Å²) >= 11 is 7.75. The normalized spacial score (nSPS) is 11.2. The molecule has 2 heterocycles. The molecule has 0 bridgehead atoms. The van der Waals surface area contributed by atoms with E-state index in [1.54, 1.807) is 10.9 Å². The van der Waals surface area contributed by atoms with E-state index in [2.05, 4.69) is 37.0 Å². The van der Waals surface area contributed by atoms with Crippen molar-refractivity contribution >= 4 is 33.2 Å². The maximum atomic E-state index is 13.1. The van der Waals surface area contributed by atoms with Crippen LogP contribution in [0.15, 0.2) is 59.0 Å². The van der Waals surface area contributed by atoms with Crippen LogP contribution < -0.4 is 5.56 Å². The molecule has 0 unspecified atom stereocenters. The molecule has 0 radical (unpaired) electrons. The van der Waals surface area contributed by atoms with Gasteiger partial charge in [0.15, 0.2) is 0 Å². The molecule has 4 rings (SSSR count). The van der Waals surface area contributed by atoms with Gasteiger partial charge < -0.3 is 0 Å². The molecule has 0 amide bonds. The zero-order valence-corrected chi connectivity index (χ0v) is 16.1. The van der Waals surface area contributed by atoms with E-state index in [9.17, 15) is 4.79 Å². The first-order chi connectivity index (χ1) is 12.5. The van der Waals surface area contributed by atoms with E-state index in [1.807, 2.05) is 29.6 Å². The standard InChI is InChI=1S/C21H17ClN2OS/c1-13-7-8-15(9-14(13)2)17-11-26-20-19(17)21(25)24(12-23-20)10-16-5-3-4-6-18(16)22/h3-9,11-12H,10H2,1-2H3. The number of hydrogen-bond donors (Lipinski definition) is 0. The lowest BCUT2D eigenvalue weighted by molar-refractivity contribution is 0.749. The molecule has 0 saturated heterocycles. The van der Waals surface area contributed by atoms with E-state index in [0.717, 1.165) is 21.5 Å². The molecule has 2 aromatic carbocycles. The fraction of sp³-hybridized carbons (Fsp3) is 0.143. The second kappa shape index (κ2) is 6.71. The summed E-state index contributed by atoms with van der Waals surface area (Å²) in [5.74, 6) is 0. The largest absolute Gasteiger partial charge is 0.294 e. The van der Waals surface area contributed by atoms with Crippen LogP contribution in [0.4, 0.5) is 0 Å². The van der Waals surface area contributed by atoms with E-state index >= 15 is 0 Å². The van der Waals surface area contributed by atoms with Crippen molar-refractivity contribution in [3.05, 3.63) is 86.2 Å². The van der Waals surface area contributed by atoms with Crippen LogP contribution in [0.3, 0.4) is 0 Å². The molecule has 0 saturated carbocycles. The Hall–Kier alpha value is -2.43. The smallest absolute Gasteiger partial charge is 0.263 e. The number of benzene rings is 2. The Balaban J connectivity index is 1.86. The minimum absolute atomic E-state index is 0.0376. The maximum Gasteiger partial charge on any atom is 0.263 e. The predicted molar refractivity (Wildman–Crippen MR) is 109 cm³/mol. The number of fused-ring (bicyclic) bond motifs is 1. The summed E-state index contributed by atoms with van der Waals surface area (Å²) in [4.78, 5) is 18.4. The van der Waals surface area contributed by atoms with Crippen LogP contribution in [0, 0.1) is 13.8 Å². The fourth-order valence-electron chi connectivity index (χ4n) is 3.01. The van der Waals surface area contributed by atoms with Gasteiger partial charge in [-0.25, -0.2) is 4.98 Å². The number of rotatable bonds is 3. The molecule has 3 nitrogen and oxygen atoms in total. The first kappa shape index (κ1) is 17.0. The average Bonchev–Trinajstić information content (AvgIpc) is 3.06. The van der Waals surface area contributed by atoms with Crippen molar-refractivity contribution in [2.75, 3.05) is 0 Å². The SMILES string of the molecule is Cc1ccc(-c2csc3ncn(Cc4ccccc4Cl)c(=O)c23)cc1C. The maximum absolute atomic E-state index is 13.1. The van der Waals surface area contributed by atoms with Gasteiger partial charge in [-0.15, -0.1) is 11.3 Å². The summed E-state index contributed by atoms with van der Waals surface area (Å²) in [7, 11) is 0. The molecule has 5 heteroatoms. The van der Waals surface area contributed by atoms with E-state index in [4.69, 9.17) is 11.6 Å². The molecular formula is C21H17ClN2OS. The Kier molecular flexibility index (Phi) is 4.39. The van der Waals surface area contributed by atoms with Gasteiger partial charge in [0.05, 0.1) is 18.3 Å². The van der Waals surface area contributed by atoms with Gasteiger partial charge in [-0.3, -0.25) is 9.36 Å². The Morgan fingerprint density at radius 1 is 1.12 bits per heavy atom. The molecular weight excluding hydrogens is 364 g/mol. The summed E-state index contributed by atoms with van der Waals surface area (Å²) < 4.78 is 1.63. The molecule has 2 aromatic heterocycles. The molecule has 0 N–H and O–H groups in total. The van der Waals surface area contributed by atoms with Crippen molar-refractivity contribution in [1.82, 2.24) is 9.55 Å². The second-order valence-corrected chi connectivity index (χ2v) is 7.66. The first-order valence-electron chi connectivity index (χ1n) is 8.32. The third kappa shape index (κ3) is 2.96. The van der Waals surface area contributed by atoms with Crippen LogP contribution >= 0.6 is 22.9 Å². The lowest BCUT2D eigenvalue weighted by atomic mass is 10.0. The third-order valence-electron chi connectivity index (χ3n) is 4.68. The highest BCUT2D eigenvalue weighted by molar-refractivity contribution is 7.17. The summed E-state index contributed by atoms with van der Waals surface area (Å²) in [5, 5.41) is 3.34. The molecule has 26 heavy (non-hydrogen) atoms. The quantitative estimate of drug-likeness (QED) is 0.474. The lowest BCUT2D eigenvalue weighted by Crippen LogP contribution is -2.21. The summed E-state index contributed by atoms with van der Waals surface area (Å²) in [5.41, 5.74) is 5.31. The van der Waals surface area contributed by atoms with Crippen LogP contribution in [0.2, 0.25) is 5.02 Å². The van der Waals surface area contributed by atoms with Gasteiger partial charge in [-0.05, 0) is 42.2 Å². The van der Waals surface area contributed by atoms with Crippen molar-refractivity contribution in [2.24, 2.45) is 0 Å². The summed E-state index contributed by atoms with van der Waals surface area (Å²) in [6.45, 7) is 4.58. The zero-order chi connectivity index (χ0) is 18.3. The predicted octanol–water partition coefficient (Wildman–Crippen LogP) is 5.44. The average molecular weight is 381 g/mol. The van der Waals surface area contributed by atoms with Gasteiger partial charge in [0.1, 0.15) is 4.83 Å². The van der Waals surface area contributed by atoms with Crippen LogP contribution in [0.5, 0.6) is 0 Å². The van der Waals surface area contributed by atoms with E-state index in [1.165, 1.54) is 22.5 Å². The molecule has 0 atom stereocenters. The number of nitrogens with zero attached hydrogens (tertiary/aromatic N) is 2. The zero-order valence-electron chi connectivity index (χ0n) is 14.5. The Morgan fingerprint density at radius 3 is 2.69 bits per heavy atom. The fourth-order valence-corrected chi connectivity index (χ4v) is 4.11. The van der Waals surface area contributed by atoms with E-state index < -0.39 is 0 Å². The Morgan fingerprint density at radius 2 is 1.92 bits per heavy atom. The highest BCUT2D eigenvalue weighted by Crippen LogP contribution is 2.31. The third-order valence-corrected chi connectivity index (χ3v) is 5.93. The highest BCUT2D eigenvalue weighted by atomic mass is 35.5. The number of aryl methyl sites for hydroxylation is 2. The number of aromatic nitrogens is 2. The van der Waals surface area contributed by atoms with E-state index in [0.29, 0.717) is 17.0 Å². The Labute approximate surface area is 160 Å². The first-order valence-corrected chi connectivity index (χ1v) is 9.58. The lowest BCUT2D eigenvalue weighted by Gasteiger charge is -2.08. The number of thiophene rings is 1. The molecule has 130 valence electrons. The van der Waals surface area contributed by atoms with Gasteiger partial charge in [-0.2, -0.15) is 0 Å². The van der Waals surface area contributed by atoms with Crippen molar-refractivity contribution in [3.63, 3.8) is 0 Å². The molecule has 0 aliphatic carbocycles. The second-order valence-electron chi connectivity index (χ2n) is 6.40. The van der Waals surface area contributed by atoms with Crippen LogP contribution in [0.1, 0.15) is 16.7 Å². The molecule has 0 spiro atoms. The summed E-state index contributed by atoms with van der Waals surface area (Å²) in [6.07, 6.45) is 1.61. The van der Waals surface area contributed by atoms with Crippen molar-refractivity contribution in [2.45, 2.75) is 20.4 Å². The van der Waals surface area contributed by atoms with E-state index in [-0.39, 0.29) is 5.56 Å².